The summed E-state index contributed by atoms with van der Waals surface area (Å²) in [4.78, 5) is 10.8. The van der Waals surface area contributed by atoms with Crippen molar-refractivity contribution < 1.29 is 14.3 Å². The van der Waals surface area contributed by atoms with Crippen LogP contribution in [0, 0.1) is 18.3 Å². The van der Waals surface area contributed by atoms with Gasteiger partial charge in [0.05, 0.1) is 18.7 Å². The predicted molar refractivity (Wildman–Crippen MR) is 78.6 cm³/mol. The summed E-state index contributed by atoms with van der Waals surface area (Å²) in [6.45, 7) is 2.27. The normalized spacial score (nSPS) is 9.76. The Bertz CT molecular complexity index is 702. The summed E-state index contributed by atoms with van der Waals surface area (Å²) in [6.07, 6.45) is 0.763. The number of hydrogen-bond acceptors (Lipinski definition) is 4. The fourth-order valence-corrected chi connectivity index (χ4v) is 1.96. The molecule has 0 atom stereocenters. The van der Waals surface area contributed by atoms with Gasteiger partial charge in [0, 0.05) is 5.56 Å². The number of ether oxygens (including phenoxy) is 2. The Kier molecular flexibility index (Phi) is 4.57. The SMILES string of the molecule is COc1ccc(C=O)cc1OCc1ccc(C#N)cc1C. The second-order valence-electron chi connectivity index (χ2n) is 4.57. The molecular weight excluding hydrogens is 266 g/mol. The lowest BCUT2D eigenvalue weighted by atomic mass is 10.1. The Morgan fingerprint density at radius 3 is 2.62 bits per heavy atom. The van der Waals surface area contributed by atoms with Crippen molar-refractivity contribution >= 4 is 6.29 Å². The van der Waals surface area contributed by atoms with Gasteiger partial charge in [0.1, 0.15) is 12.9 Å². The maximum absolute atomic E-state index is 10.8. The van der Waals surface area contributed by atoms with E-state index in [9.17, 15) is 4.79 Å². The van der Waals surface area contributed by atoms with Crippen LogP contribution in [0.3, 0.4) is 0 Å². The summed E-state index contributed by atoms with van der Waals surface area (Å²) >= 11 is 0. The van der Waals surface area contributed by atoms with Crippen molar-refractivity contribution in [1.82, 2.24) is 0 Å². The lowest BCUT2D eigenvalue weighted by Gasteiger charge is -2.12. The molecular formula is C17H15NO3. The molecule has 0 aromatic heterocycles. The average Bonchev–Trinajstić information content (AvgIpc) is 2.53. The molecule has 2 aromatic rings. The molecule has 0 N–H and O–H groups in total. The van der Waals surface area contributed by atoms with Crippen LogP contribution in [0.1, 0.15) is 27.0 Å². The number of aldehydes is 1. The third-order valence-electron chi connectivity index (χ3n) is 3.18. The zero-order valence-electron chi connectivity index (χ0n) is 11.9. The number of methoxy groups -OCH3 is 1. The van der Waals surface area contributed by atoms with Gasteiger partial charge in [-0.15, -0.1) is 0 Å². The second-order valence-corrected chi connectivity index (χ2v) is 4.57. The average molecular weight is 281 g/mol. The van der Waals surface area contributed by atoms with Gasteiger partial charge in [0.25, 0.3) is 0 Å². The number of carbonyl (C=O) groups excluding carboxylic acids is 1. The first-order chi connectivity index (χ1) is 10.2. The van der Waals surface area contributed by atoms with Gasteiger partial charge in [0.2, 0.25) is 0 Å². The van der Waals surface area contributed by atoms with E-state index >= 15 is 0 Å². The van der Waals surface area contributed by atoms with Crippen LogP contribution in [-0.4, -0.2) is 13.4 Å². The monoisotopic (exact) mass is 281 g/mol. The van der Waals surface area contributed by atoms with E-state index in [0.717, 1.165) is 17.4 Å². The molecule has 0 bridgehead atoms. The van der Waals surface area contributed by atoms with Gasteiger partial charge in [-0.3, -0.25) is 4.79 Å². The number of aryl methyl sites for hydroxylation is 1. The van der Waals surface area contributed by atoms with Crippen LogP contribution in [0.2, 0.25) is 0 Å². The van der Waals surface area contributed by atoms with Crippen LogP contribution in [0.5, 0.6) is 11.5 Å². The highest BCUT2D eigenvalue weighted by atomic mass is 16.5. The molecule has 0 saturated carbocycles. The quantitative estimate of drug-likeness (QED) is 0.789. The smallest absolute Gasteiger partial charge is 0.162 e. The number of rotatable bonds is 5. The van der Waals surface area contributed by atoms with E-state index in [4.69, 9.17) is 14.7 Å². The number of hydrogen-bond donors (Lipinski definition) is 0. The molecule has 0 aliphatic rings. The van der Waals surface area contributed by atoms with Crippen molar-refractivity contribution in [1.29, 1.82) is 5.26 Å². The van der Waals surface area contributed by atoms with Crippen molar-refractivity contribution in [3.8, 4) is 17.6 Å². The molecule has 2 aromatic carbocycles. The van der Waals surface area contributed by atoms with E-state index < -0.39 is 0 Å². The van der Waals surface area contributed by atoms with Crippen molar-refractivity contribution in [3.05, 3.63) is 58.7 Å². The maximum Gasteiger partial charge on any atom is 0.162 e. The van der Waals surface area contributed by atoms with Gasteiger partial charge < -0.3 is 9.47 Å². The molecule has 0 spiro atoms. The molecule has 106 valence electrons. The first kappa shape index (κ1) is 14.6. The van der Waals surface area contributed by atoms with Crippen LogP contribution in [0.4, 0.5) is 0 Å². The van der Waals surface area contributed by atoms with Crippen LogP contribution < -0.4 is 9.47 Å². The molecule has 0 radical (unpaired) electrons. The third-order valence-corrected chi connectivity index (χ3v) is 3.18. The summed E-state index contributed by atoms with van der Waals surface area (Å²) in [5.74, 6) is 1.10. The largest absolute Gasteiger partial charge is 0.493 e. The van der Waals surface area contributed by atoms with Gasteiger partial charge >= 0.3 is 0 Å². The Labute approximate surface area is 123 Å². The van der Waals surface area contributed by atoms with Crippen molar-refractivity contribution in [2.45, 2.75) is 13.5 Å². The van der Waals surface area contributed by atoms with Gasteiger partial charge in [-0.05, 0) is 48.4 Å². The van der Waals surface area contributed by atoms with Gasteiger partial charge in [-0.2, -0.15) is 5.26 Å². The zero-order chi connectivity index (χ0) is 15.2. The molecule has 0 aliphatic carbocycles. The second kappa shape index (κ2) is 6.58. The van der Waals surface area contributed by atoms with E-state index in [2.05, 4.69) is 6.07 Å². The third kappa shape index (κ3) is 3.40. The Hall–Kier alpha value is -2.80. The van der Waals surface area contributed by atoms with Crippen molar-refractivity contribution in [3.63, 3.8) is 0 Å². The summed E-state index contributed by atoms with van der Waals surface area (Å²) < 4.78 is 11.0. The van der Waals surface area contributed by atoms with E-state index in [-0.39, 0.29) is 0 Å². The molecule has 21 heavy (non-hydrogen) atoms. The number of nitriles is 1. The number of benzene rings is 2. The maximum atomic E-state index is 10.8. The molecule has 2 rings (SSSR count). The molecule has 0 unspecified atom stereocenters. The summed E-state index contributed by atoms with van der Waals surface area (Å²) in [5, 5.41) is 8.86. The Balaban J connectivity index is 2.20. The van der Waals surface area contributed by atoms with E-state index in [1.54, 1.807) is 31.4 Å². The van der Waals surface area contributed by atoms with Crippen LogP contribution in [0.15, 0.2) is 36.4 Å². The lowest BCUT2D eigenvalue weighted by Crippen LogP contribution is -2.00. The minimum atomic E-state index is 0.343. The van der Waals surface area contributed by atoms with E-state index in [1.807, 2.05) is 19.1 Å². The number of carbonyl (C=O) groups is 1. The van der Waals surface area contributed by atoms with E-state index in [0.29, 0.717) is 29.2 Å². The van der Waals surface area contributed by atoms with Crippen LogP contribution >= 0.6 is 0 Å². The first-order valence-corrected chi connectivity index (χ1v) is 6.43. The molecule has 0 fully saturated rings. The molecule has 4 heteroatoms. The van der Waals surface area contributed by atoms with Gasteiger partial charge in [-0.25, -0.2) is 0 Å². The van der Waals surface area contributed by atoms with Crippen LogP contribution in [-0.2, 0) is 6.61 Å². The fraction of sp³-hybridized carbons (Fsp3) is 0.176. The topological polar surface area (TPSA) is 59.3 Å². The van der Waals surface area contributed by atoms with Gasteiger partial charge in [-0.1, -0.05) is 6.07 Å². The summed E-state index contributed by atoms with van der Waals surface area (Å²) in [5.41, 5.74) is 3.12. The molecule has 0 saturated heterocycles. The highest BCUT2D eigenvalue weighted by molar-refractivity contribution is 5.76. The minimum absolute atomic E-state index is 0.343. The Morgan fingerprint density at radius 2 is 2.00 bits per heavy atom. The molecule has 0 aliphatic heterocycles. The molecule has 0 heterocycles. The standard InChI is InChI=1S/C17H15NO3/c1-12-7-13(9-18)3-5-15(12)11-21-17-8-14(10-19)4-6-16(17)20-2/h3-8,10H,11H2,1-2H3. The van der Waals surface area contributed by atoms with Crippen molar-refractivity contribution in [2.75, 3.05) is 7.11 Å². The zero-order valence-corrected chi connectivity index (χ0v) is 11.9. The Morgan fingerprint density at radius 1 is 1.19 bits per heavy atom. The van der Waals surface area contributed by atoms with Crippen LogP contribution in [0.25, 0.3) is 0 Å². The highest BCUT2D eigenvalue weighted by Gasteiger charge is 2.07. The lowest BCUT2D eigenvalue weighted by molar-refractivity contribution is 0.112. The first-order valence-electron chi connectivity index (χ1n) is 6.43. The molecule has 0 amide bonds. The van der Waals surface area contributed by atoms with Crippen molar-refractivity contribution in [2.24, 2.45) is 0 Å². The summed E-state index contributed by atoms with van der Waals surface area (Å²) in [7, 11) is 1.55. The van der Waals surface area contributed by atoms with E-state index in [1.165, 1.54) is 0 Å². The molecule has 4 nitrogen and oxygen atoms in total. The highest BCUT2D eigenvalue weighted by Crippen LogP contribution is 2.28. The summed E-state index contributed by atoms with van der Waals surface area (Å²) in [6, 6.07) is 12.6. The predicted octanol–water partition coefficient (Wildman–Crippen LogP) is 3.27. The fourth-order valence-electron chi connectivity index (χ4n) is 1.96. The number of nitrogens with zero attached hydrogens (tertiary/aromatic N) is 1. The minimum Gasteiger partial charge on any atom is -0.493 e. The van der Waals surface area contributed by atoms with Gasteiger partial charge in [0.15, 0.2) is 11.5 Å².